The Bertz CT molecular complexity index is 341. The number of nitrogens with one attached hydrogen (secondary N) is 1. The van der Waals surface area contributed by atoms with Crippen LogP contribution in [-0.4, -0.2) is 60.0 Å². The molecular formula is C16H29N3O. The van der Waals surface area contributed by atoms with Crippen LogP contribution in [-0.2, 0) is 4.79 Å². The summed E-state index contributed by atoms with van der Waals surface area (Å²) in [6, 6.07) is 1.19. The summed E-state index contributed by atoms with van der Waals surface area (Å²) < 4.78 is 0. The molecule has 1 amide bonds. The van der Waals surface area contributed by atoms with E-state index < -0.39 is 0 Å². The van der Waals surface area contributed by atoms with Crippen LogP contribution in [0.3, 0.4) is 0 Å². The highest BCUT2D eigenvalue weighted by Crippen LogP contribution is 2.27. The highest BCUT2D eigenvalue weighted by molar-refractivity contribution is 5.81. The molecule has 3 fully saturated rings. The Balaban J connectivity index is 1.52. The van der Waals surface area contributed by atoms with Crippen LogP contribution in [0.4, 0.5) is 0 Å². The van der Waals surface area contributed by atoms with Crippen LogP contribution in [0.25, 0.3) is 0 Å². The molecule has 1 N–H and O–H groups in total. The van der Waals surface area contributed by atoms with E-state index in [1.54, 1.807) is 0 Å². The van der Waals surface area contributed by atoms with Gasteiger partial charge >= 0.3 is 0 Å². The average molecular weight is 279 g/mol. The number of hydrogen-bond acceptors (Lipinski definition) is 3. The van der Waals surface area contributed by atoms with Crippen molar-refractivity contribution in [2.75, 3.05) is 26.2 Å². The van der Waals surface area contributed by atoms with E-state index in [0.717, 1.165) is 13.1 Å². The third-order valence-electron chi connectivity index (χ3n) is 5.36. The number of fused-ring (bicyclic) bond motifs is 1. The summed E-state index contributed by atoms with van der Waals surface area (Å²) >= 11 is 0. The Labute approximate surface area is 122 Å². The van der Waals surface area contributed by atoms with Crippen molar-refractivity contribution in [2.45, 2.75) is 70.0 Å². The summed E-state index contributed by atoms with van der Waals surface area (Å²) in [4.78, 5) is 17.2. The largest absolute Gasteiger partial charge is 0.341 e. The van der Waals surface area contributed by atoms with Gasteiger partial charge in [-0.1, -0.05) is 6.42 Å². The minimum atomic E-state index is -0.0139. The van der Waals surface area contributed by atoms with Gasteiger partial charge in [0.25, 0.3) is 0 Å². The number of carbonyl (C=O) groups excluding carboxylic acids is 1. The zero-order valence-corrected chi connectivity index (χ0v) is 12.8. The maximum absolute atomic E-state index is 12.5. The van der Waals surface area contributed by atoms with Crippen LogP contribution in [0.5, 0.6) is 0 Å². The molecular weight excluding hydrogens is 250 g/mol. The lowest BCUT2D eigenvalue weighted by molar-refractivity contribution is -0.134. The van der Waals surface area contributed by atoms with E-state index in [-0.39, 0.29) is 6.04 Å². The monoisotopic (exact) mass is 279 g/mol. The molecule has 3 heterocycles. The van der Waals surface area contributed by atoms with E-state index in [9.17, 15) is 4.79 Å². The molecule has 20 heavy (non-hydrogen) atoms. The molecule has 4 heteroatoms. The van der Waals surface area contributed by atoms with Gasteiger partial charge in [0, 0.05) is 31.7 Å². The Morgan fingerprint density at radius 3 is 2.55 bits per heavy atom. The lowest BCUT2D eigenvalue weighted by atomic mass is 9.98. The van der Waals surface area contributed by atoms with E-state index >= 15 is 0 Å². The standard InChI is InChI=1S/C16H29N3O/c1-13(16(20)19-10-4-2-5-11-19)17-14-8-12-18-9-6-3-7-15(14)18/h13-15,17H,2-12H2,1H3. The van der Waals surface area contributed by atoms with Crippen molar-refractivity contribution in [3.63, 3.8) is 0 Å². The van der Waals surface area contributed by atoms with Crippen LogP contribution < -0.4 is 5.32 Å². The zero-order valence-electron chi connectivity index (χ0n) is 12.8. The van der Waals surface area contributed by atoms with Crippen molar-refractivity contribution in [1.29, 1.82) is 0 Å². The number of rotatable bonds is 3. The highest BCUT2D eigenvalue weighted by atomic mass is 16.2. The van der Waals surface area contributed by atoms with Gasteiger partial charge in [-0.25, -0.2) is 0 Å². The molecule has 3 saturated heterocycles. The number of piperidine rings is 2. The second-order valence-electron chi connectivity index (χ2n) is 6.77. The first-order valence-electron chi connectivity index (χ1n) is 8.54. The Morgan fingerprint density at radius 1 is 1.00 bits per heavy atom. The maximum Gasteiger partial charge on any atom is 0.239 e. The quantitative estimate of drug-likeness (QED) is 0.852. The third kappa shape index (κ3) is 3.01. The van der Waals surface area contributed by atoms with Crippen molar-refractivity contribution in [1.82, 2.24) is 15.1 Å². The van der Waals surface area contributed by atoms with Gasteiger partial charge < -0.3 is 10.2 Å². The average Bonchev–Trinajstić information content (AvgIpc) is 2.91. The van der Waals surface area contributed by atoms with Crippen molar-refractivity contribution >= 4 is 5.91 Å². The number of hydrogen-bond donors (Lipinski definition) is 1. The molecule has 0 aromatic carbocycles. The van der Waals surface area contributed by atoms with Crippen molar-refractivity contribution < 1.29 is 4.79 Å². The number of likely N-dealkylation sites (tertiary alicyclic amines) is 1. The van der Waals surface area contributed by atoms with Gasteiger partial charge in [-0.2, -0.15) is 0 Å². The molecule has 4 nitrogen and oxygen atoms in total. The zero-order chi connectivity index (χ0) is 13.9. The van der Waals surface area contributed by atoms with E-state index in [4.69, 9.17) is 0 Å². The Kier molecular flexibility index (Phi) is 4.61. The van der Waals surface area contributed by atoms with Crippen LogP contribution in [0.15, 0.2) is 0 Å². The van der Waals surface area contributed by atoms with Gasteiger partial charge in [0.2, 0.25) is 5.91 Å². The van der Waals surface area contributed by atoms with E-state index in [1.165, 1.54) is 58.0 Å². The van der Waals surface area contributed by atoms with Gasteiger partial charge in [0.15, 0.2) is 0 Å². The fraction of sp³-hybridized carbons (Fsp3) is 0.938. The smallest absolute Gasteiger partial charge is 0.239 e. The minimum Gasteiger partial charge on any atom is -0.341 e. The van der Waals surface area contributed by atoms with E-state index in [0.29, 0.717) is 18.0 Å². The first-order chi connectivity index (χ1) is 9.75. The Hall–Kier alpha value is -0.610. The molecule has 0 saturated carbocycles. The number of carbonyl (C=O) groups is 1. The summed E-state index contributed by atoms with van der Waals surface area (Å²) in [7, 11) is 0. The fourth-order valence-corrected chi connectivity index (χ4v) is 4.22. The van der Waals surface area contributed by atoms with Crippen molar-refractivity contribution in [3.05, 3.63) is 0 Å². The fourth-order valence-electron chi connectivity index (χ4n) is 4.22. The molecule has 0 bridgehead atoms. The van der Waals surface area contributed by atoms with Crippen LogP contribution >= 0.6 is 0 Å². The summed E-state index contributed by atoms with van der Waals surface area (Å²) in [5.41, 5.74) is 0. The van der Waals surface area contributed by atoms with Gasteiger partial charge in [0.05, 0.1) is 6.04 Å². The first-order valence-corrected chi connectivity index (χ1v) is 8.54. The van der Waals surface area contributed by atoms with Crippen molar-refractivity contribution in [3.8, 4) is 0 Å². The lowest BCUT2D eigenvalue weighted by Crippen LogP contribution is -2.53. The van der Waals surface area contributed by atoms with Gasteiger partial charge in [-0.05, 0) is 52.0 Å². The first kappa shape index (κ1) is 14.3. The molecule has 0 aromatic heterocycles. The van der Waals surface area contributed by atoms with Crippen LogP contribution in [0.2, 0.25) is 0 Å². The minimum absolute atomic E-state index is 0.0139. The second kappa shape index (κ2) is 6.44. The van der Waals surface area contributed by atoms with Gasteiger partial charge in [-0.3, -0.25) is 9.69 Å². The van der Waals surface area contributed by atoms with Crippen LogP contribution in [0, 0.1) is 0 Å². The normalized spacial score (nSPS) is 33.0. The molecule has 3 atom stereocenters. The van der Waals surface area contributed by atoms with Gasteiger partial charge in [0.1, 0.15) is 0 Å². The molecule has 3 aliphatic heterocycles. The molecule has 3 unspecified atom stereocenters. The molecule has 3 aliphatic rings. The molecule has 114 valence electrons. The molecule has 3 rings (SSSR count). The van der Waals surface area contributed by atoms with E-state index in [2.05, 4.69) is 22.0 Å². The summed E-state index contributed by atoms with van der Waals surface area (Å²) in [6.45, 7) is 6.46. The second-order valence-corrected chi connectivity index (χ2v) is 6.77. The highest BCUT2D eigenvalue weighted by Gasteiger charge is 2.37. The van der Waals surface area contributed by atoms with Crippen LogP contribution in [0.1, 0.15) is 51.9 Å². The third-order valence-corrected chi connectivity index (χ3v) is 5.36. The molecule has 0 aliphatic carbocycles. The van der Waals surface area contributed by atoms with E-state index in [1.807, 2.05) is 0 Å². The maximum atomic E-state index is 12.5. The number of amides is 1. The van der Waals surface area contributed by atoms with Crippen molar-refractivity contribution in [2.24, 2.45) is 0 Å². The molecule has 0 spiro atoms. The summed E-state index contributed by atoms with van der Waals surface area (Å²) in [5, 5.41) is 3.64. The van der Waals surface area contributed by atoms with Gasteiger partial charge in [-0.15, -0.1) is 0 Å². The summed E-state index contributed by atoms with van der Waals surface area (Å²) in [6.07, 6.45) is 8.87. The molecule has 0 radical (unpaired) electrons. The molecule has 0 aromatic rings. The predicted molar refractivity (Wildman–Crippen MR) is 80.6 cm³/mol. The Morgan fingerprint density at radius 2 is 1.75 bits per heavy atom. The SMILES string of the molecule is CC(NC1CCN2CCCCC12)C(=O)N1CCCCC1. The predicted octanol–water partition coefficient (Wildman–Crippen LogP) is 1.60. The topological polar surface area (TPSA) is 35.6 Å². The lowest BCUT2D eigenvalue weighted by Gasteiger charge is -2.35. The number of nitrogens with zero attached hydrogens (tertiary/aromatic N) is 2. The summed E-state index contributed by atoms with van der Waals surface area (Å²) in [5.74, 6) is 0.318.